The number of hydrogen-bond donors (Lipinski definition) is 2. The first-order chi connectivity index (χ1) is 16.5. The third-order valence-corrected chi connectivity index (χ3v) is 9.49. The lowest BCUT2D eigenvalue weighted by Gasteiger charge is -2.55. The first kappa shape index (κ1) is 24.1. The fourth-order valence-corrected chi connectivity index (χ4v) is 7.56. The quantitative estimate of drug-likeness (QED) is 0.494. The highest BCUT2D eigenvalue weighted by Gasteiger charge is 2.67. The number of hydrogen-bond acceptors (Lipinski definition) is 5. The average molecular weight is 481 g/mol. The zero-order valence-electron chi connectivity index (χ0n) is 20.4. The van der Waals surface area contributed by atoms with Crippen LogP contribution >= 0.6 is 0 Å². The molecule has 1 unspecified atom stereocenters. The standard InChI is InChI=1S/C29H33FO5/c1-17-13-22-20-15-24(30)23-14-19(31)9-11-27(23,2)21(20)10-12-28(22,3)29(17,34)25(32)16-35-26(33)18-7-5-4-6-8-18/h4-11,14,17,20,22,24-25,32,34H,12-13,15-16H2,1-3H3/t17-,20+,22-,24+,25?,27+,28-,29-/m0/s1. The largest absolute Gasteiger partial charge is 0.459 e. The van der Waals surface area contributed by atoms with Crippen LogP contribution in [0.15, 0.2) is 65.8 Å². The predicted octanol–water partition coefficient (Wildman–Crippen LogP) is 4.36. The van der Waals surface area contributed by atoms with E-state index in [2.05, 4.69) is 6.08 Å². The monoisotopic (exact) mass is 480 g/mol. The van der Waals surface area contributed by atoms with Gasteiger partial charge >= 0.3 is 5.97 Å². The Labute approximate surface area is 205 Å². The summed E-state index contributed by atoms with van der Waals surface area (Å²) < 4.78 is 20.8. The topological polar surface area (TPSA) is 83.8 Å². The molecule has 1 aromatic carbocycles. The van der Waals surface area contributed by atoms with Gasteiger partial charge in [0.1, 0.15) is 24.5 Å². The highest BCUT2D eigenvalue weighted by molar-refractivity contribution is 6.01. The minimum Gasteiger partial charge on any atom is -0.459 e. The summed E-state index contributed by atoms with van der Waals surface area (Å²) in [7, 11) is 0. The van der Waals surface area contributed by atoms with Crippen LogP contribution in [0.3, 0.4) is 0 Å². The lowest BCUT2D eigenvalue weighted by molar-refractivity contribution is -0.181. The van der Waals surface area contributed by atoms with Gasteiger partial charge < -0.3 is 14.9 Å². The van der Waals surface area contributed by atoms with Crippen LogP contribution < -0.4 is 0 Å². The number of halogens is 1. The van der Waals surface area contributed by atoms with Crippen LogP contribution in [0.2, 0.25) is 0 Å². The van der Waals surface area contributed by atoms with Crippen molar-refractivity contribution in [1.82, 2.24) is 0 Å². The van der Waals surface area contributed by atoms with E-state index in [1.807, 2.05) is 26.8 Å². The van der Waals surface area contributed by atoms with Gasteiger partial charge in [-0.2, -0.15) is 0 Å². The molecular formula is C29H33FO5. The molecule has 0 aliphatic heterocycles. The van der Waals surface area contributed by atoms with Gasteiger partial charge in [-0.3, -0.25) is 4.79 Å². The first-order valence-electron chi connectivity index (χ1n) is 12.4. The minimum absolute atomic E-state index is 0.0513. The molecular weight excluding hydrogens is 447 g/mol. The summed E-state index contributed by atoms with van der Waals surface area (Å²) in [6.45, 7) is 5.53. The van der Waals surface area contributed by atoms with Crippen molar-refractivity contribution in [2.45, 2.75) is 57.9 Å². The van der Waals surface area contributed by atoms with Crippen LogP contribution in [0.4, 0.5) is 4.39 Å². The molecule has 8 atom stereocenters. The van der Waals surface area contributed by atoms with Crippen LogP contribution in [0, 0.1) is 28.6 Å². The number of aliphatic hydroxyl groups is 2. The first-order valence-corrected chi connectivity index (χ1v) is 12.4. The number of esters is 1. The van der Waals surface area contributed by atoms with Gasteiger partial charge in [0.05, 0.1) is 5.56 Å². The molecule has 6 heteroatoms. The summed E-state index contributed by atoms with van der Waals surface area (Å²) in [6, 6.07) is 8.54. The highest BCUT2D eigenvalue weighted by Crippen LogP contribution is 2.67. The van der Waals surface area contributed by atoms with E-state index in [4.69, 9.17) is 4.74 Å². The van der Waals surface area contributed by atoms with E-state index in [0.29, 0.717) is 24.0 Å². The molecule has 186 valence electrons. The SMILES string of the molecule is C[C@H]1C[C@H]2[C@@H]3C[C@@H](F)C4=CC(=O)C=C[C@]4(C)C3=CC[C@]2(C)[C@@]1(O)C(O)COC(=O)c1ccccc1. The molecule has 4 aliphatic carbocycles. The zero-order valence-corrected chi connectivity index (χ0v) is 20.4. The van der Waals surface area contributed by atoms with E-state index in [-0.39, 0.29) is 36.6 Å². The Kier molecular flexibility index (Phi) is 5.68. The average Bonchev–Trinajstić information content (AvgIpc) is 3.06. The van der Waals surface area contributed by atoms with E-state index in [1.54, 1.807) is 30.3 Å². The minimum atomic E-state index is -1.50. The van der Waals surface area contributed by atoms with Gasteiger partial charge in [-0.05, 0) is 73.8 Å². The Morgan fingerprint density at radius 1 is 1.20 bits per heavy atom. The van der Waals surface area contributed by atoms with Crippen molar-refractivity contribution in [2.75, 3.05) is 6.61 Å². The zero-order chi connectivity index (χ0) is 25.2. The number of alkyl halides is 1. The summed E-state index contributed by atoms with van der Waals surface area (Å²) in [5, 5.41) is 23.2. The van der Waals surface area contributed by atoms with E-state index >= 15 is 4.39 Å². The Bertz CT molecular complexity index is 1140. The van der Waals surface area contributed by atoms with Gasteiger partial charge in [0.15, 0.2) is 5.78 Å². The van der Waals surface area contributed by atoms with Gasteiger partial charge in [-0.15, -0.1) is 0 Å². The maximum atomic E-state index is 15.5. The number of benzene rings is 1. The summed E-state index contributed by atoms with van der Waals surface area (Å²) in [4.78, 5) is 24.4. The molecule has 0 bridgehead atoms. The van der Waals surface area contributed by atoms with Crippen molar-refractivity contribution in [3.63, 3.8) is 0 Å². The fourth-order valence-electron chi connectivity index (χ4n) is 7.56. The van der Waals surface area contributed by atoms with Crippen LogP contribution in [0.25, 0.3) is 0 Å². The number of carbonyl (C=O) groups excluding carboxylic acids is 2. The van der Waals surface area contributed by atoms with Crippen molar-refractivity contribution < 1.29 is 28.9 Å². The molecule has 0 saturated heterocycles. The molecule has 35 heavy (non-hydrogen) atoms. The maximum absolute atomic E-state index is 15.5. The number of aliphatic hydroxyl groups excluding tert-OH is 1. The number of carbonyl (C=O) groups is 2. The van der Waals surface area contributed by atoms with Crippen molar-refractivity contribution in [3.05, 3.63) is 71.3 Å². The number of fused-ring (bicyclic) bond motifs is 5. The van der Waals surface area contributed by atoms with Crippen LogP contribution in [-0.2, 0) is 9.53 Å². The summed E-state index contributed by atoms with van der Waals surface area (Å²) in [6.07, 6.45) is 5.75. The van der Waals surface area contributed by atoms with Gasteiger partial charge in [0, 0.05) is 10.8 Å². The van der Waals surface area contributed by atoms with E-state index in [1.165, 1.54) is 12.2 Å². The molecule has 0 amide bonds. The normalized spacial score (nSPS) is 40.7. The molecule has 5 nitrogen and oxygen atoms in total. The highest BCUT2D eigenvalue weighted by atomic mass is 19.1. The molecule has 2 saturated carbocycles. The van der Waals surface area contributed by atoms with Crippen molar-refractivity contribution in [1.29, 1.82) is 0 Å². The van der Waals surface area contributed by atoms with Crippen molar-refractivity contribution in [3.8, 4) is 0 Å². The molecule has 0 radical (unpaired) electrons. The molecule has 2 fully saturated rings. The van der Waals surface area contributed by atoms with Crippen molar-refractivity contribution in [2.24, 2.45) is 28.6 Å². The number of allylic oxidation sites excluding steroid dienone is 6. The number of rotatable bonds is 4. The van der Waals surface area contributed by atoms with Gasteiger partial charge in [0.2, 0.25) is 0 Å². The van der Waals surface area contributed by atoms with Gasteiger partial charge in [0.25, 0.3) is 0 Å². The lowest BCUT2D eigenvalue weighted by atomic mass is 9.51. The van der Waals surface area contributed by atoms with Crippen LogP contribution in [0.1, 0.15) is 50.4 Å². The Balaban J connectivity index is 1.43. The lowest BCUT2D eigenvalue weighted by Crippen LogP contribution is -2.60. The van der Waals surface area contributed by atoms with Crippen LogP contribution in [0.5, 0.6) is 0 Å². The summed E-state index contributed by atoms with van der Waals surface area (Å²) >= 11 is 0. The molecule has 2 N–H and O–H groups in total. The maximum Gasteiger partial charge on any atom is 0.338 e. The Hall–Kier alpha value is -2.57. The smallest absolute Gasteiger partial charge is 0.338 e. The second-order valence-electron chi connectivity index (χ2n) is 11.2. The molecule has 5 rings (SSSR count). The predicted molar refractivity (Wildman–Crippen MR) is 129 cm³/mol. The van der Waals surface area contributed by atoms with E-state index in [9.17, 15) is 19.8 Å². The molecule has 0 heterocycles. The third kappa shape index (κ3) is 3.40. The van der Waals surface area contributed by atoms with Gasteiger partial charge in [-0.1, -0.05) is 49.8 Å². The second kappa shape index (κ2) is 8.24. The Morgan fingerprint density at radius 2 is 1.91 bits per heavy atom. The van der Waals surface area contributed by atoms with Crippen LogP contribution in [-0.4, -0.2) is 46.4 Å². The summed E-state index contributed by atoms with van der Waals surface area (Å²) in [5.41, 5.74) is -0.864. The third-order valence-electron chi connectivity index (χ3n) is 9.49. The van der Waals surface area contributed by atoms with E-state index in [0.717, 1.165) is 5.57 Å². The molecule has 4 aliphatic rings. The Morgan fingerprint density at radius 3 is 2.63 bits per heavy atom. The van der Waals surface area contributed by atoms with Gasteiger partial charge in [-0.25, -0.2) is 9.18 Å². The molecule has 1 aromatic rings. The molecule has 0 aromatic heterocycles. The van der Waals surface area contributed by atoms with Crippen molar-refractivity contribution >= 4 is 11.8 Å². The molecule has 0 spiro atoms. The fraction of sp³-hybridized carbons (Fsp3) is 0.517. The summed E-state index contributed by atoms with van der Waals surface area (Å²) in [5.74, 6) is -1.17. The number of ketones is 1. The number of ether oxygens (including phenoxy) is 1. The van der Waals surface area contributed by atoms with E-state index < -0.39 is 34.7 Å². The second-order valence-corrected chi connectivity index (χ2v) is 11.2.